The maximum absolute atomic E-state index is 14.1. The molecule has 0 radical (unpaired) electrons. The van der Waals surface area contributed by atoms with Crippen molar-refractivity contribution >= 4 is 29.5 Å². The highest BCUT2D eigenvalue weighted by atomic mass is 32.3. The summed E-state index contributed by atoms with van der Waals surface area (Å²) in [6.45, 7) is 3.31. The second-order valence-electron chi connectivity index (χ2n) is 8.40. The summed E-state index contributed by atoms with van der Waals surface area (Å²) in [7, 11) is -13.6. The van der Waals surface area contributed by atoms with Crippen LogP contribution in [0.15, 0.2) is 106 Å². The SMILES string of the molecule is CC(C)[C@@H]1[C@H](S(=O)(=O)c2ccccc2)C1(S(=O)(=O)c1ccccc1)S(=O)(=O)c1ccccc1. The van der Waals surface area contributed by atoms with E-state index in [0.29, 0.717) is 0 Å². The van der Waals surface area contributed by atoms with Gasteiger partial charge in [0.05, 0.1) is 14.7 Å². The molecule has 4 rings (SSSR count). The zero-order valence-electron chi connectivity index (χ0n) is 18.1. The molecular weight excluding hydrogens is 480 g/mol. The minimum atomic E-state index is -4.63. The molecule has 3 aromatic carbocycles. The molecule has 0 heterocycles. The van der Waals surface area contributed by atoms with Crippen LogP contribution in [0.4, 0.5) is 0 Å². The molecule has 1 aliphatic rings. The Kier molecular flexibility index (Phi) is 5.79. The van der Waals surface area contributed by atoms with Gasteiger partial charge in [-0.2, -0.15) is 0 Å². The fraction of sp³-hybridized carbons (Fsp3) is 0.250. The predicted octanol–water partition coefficient (Wildman–Crippen LogP) is 3.76. The van der Waals surface area contributed by atoms with Gasteiger partial charge in [0.1, 0.15) is 5.25 Å². The van der Waals surface area contributed by atoms with Crippen LogP contribution in [0.2, 0.25) is 0 Å². The number of benzene rings is 3. The van der Waals surface area contributed by atoms with Crippen molar-refractivity contribution in [2.75, 3.05) is 0 Å². The van der Waals surface area contributed by atoms with Crippen LogP contribution in [0, 0.1) is 11.8 Å². The van der Waals surface area contributed by atoms with E-state index in [0.717, 1.165) is 0 Å². The third-order valence-electron chi connectivity index (χ3n) is 6.15. The summed E-state index contributed by atoms with van der Waals surface area (Å²) in [5, 5.41) is -1.65. The van der Waals surface area contributed by atoms with E-state index in [1.54, 1.807) is 32.0 Å². The van der Waals surface area contributed by atoms with Crippen molar-refractivity contribution in [2.45, 2.75) is 37.9 Å². The monoisotopic (exact) mass is 504 g/mol. The van der Waals surface area contributed by atoms with Gasteiger partial charge in [-0.1, -0.05) is 68.4 Å². The van der Waals surface area contributed by atoms with Gasteiger partial charge in [-0.25, -0.2) is 25.3 Å². The molecule has 174 valence electrons. The predicted molar refractivity (Wildman–Crippen MR) is 126 cm³/mol. The number of hydrogen-bond donors (Lipinski definition) is 0. The number of rotatable bonds is 7. The highest BCUT2D eigenvalue weighted by molar-refractivity contribution is 8.12. The summed E-state index contributed by atoms with van der Waals surface area (Å²) in [5.74, 6) is -1.69. The van der Waals surface area contributed by atoms with Crippen LogP contribution in [0.1, 0.15) is 13.8 Å². The van der Waals surface area contributed by atoms with Gasteiger partial charge >= 0.3 is 0 Å². The summed E-state index contributed by atoms with van der Waals surface area (Å²) in [4.78, 5) is -0.545. The molecule has 1 saturated carbocycles. The van der Waals surface area contributed by atoms with Crippen molar-refractivity contribution in [2.24, 2.45) is 11.8 Å². The molecular formula is C24H24O6S3. The molecule has 0 unspecified atom stereocenters. The first-order valence-electron chi connectivity index (χ1n) is 10.4. The zero-order chi connectivity index (χ0) is 24.1. The maximum atomic E-state index is 14.1. The van der Waals surface area contributed by atoms with Gasteiger partial charge in [-0.05, 0) is 42.3 Å². The first-order chi connectivity index (χ1) is 15.5. The summed E-state index contributed by atoms with van der Waals surface area (Å²) >= 11 is 0. The highest BCUT2D eigenvalue weighted by Gasteiger charge is 2.85. The van der Waals surface area contributed by atoms with Crippen LogP contribution < -0.4 is 0 Å². The Labute approximate surface area is 195 Å². The molecule has 6 nitrogen and oxygen atoms in total. The smallest absolute Gasteiger partial charge is 0.203 e. The van der Waals surface area contributed by atoms with Crippen molar-refractivity contribution in [1.29, 1.82) is 0 Å². The lowest BCUT2D eigenvalue weighted by Gasteiger charge is -2.21. The topological polar surface area (TPSA) is 102 Å². The molecule has 0 bridgehead atoms. The number of sulfone groups is 3. The molecule has 0 saturated heterocycles. The lowest BCUT2D eigenvalue weighted by Crippen LogP contribution is -2.40. The van der Waals surface area contributed by atoms with E-state index >= 15 is 0 Å². The maximum Gasteiger partial charge on any atom is 0.203 e. The Balaban J connectivity index is 2.08. The van der Waals surface area contributed by atoms with Gasteiger partial charge < -0.3 is 0 Å². The van der Waals surface area contributed by atoms with Crippen molar-refractivity contribution in [3.05, 3.63) is 91.0 Å². The lowest BCUT2D eigenvalue weighted by atomic mass is 10.1. The fourth-order valence-electron chi connectivity index (χ4n) is 4.69. The van der Waals surface area contributed by atoms with Crippen LogP contribution in [-0.2, 0) is 29.5 Å². The minimum absolute atomic E-state index is 0.103. The minimum Gasteiger partial charge on any atom is -0.223 e. The molecule has 0 N–H and O–H groups in total. The molecule has 9 heteroatoms. The van der Waals surface area contributed by atoms with Gasteiger partial charge in [-0.3, -0.25) is 0 Å². The van der Waals surface area contributed by atoms with Crippen LogP contribution in [0.5, 0.6) is 0 Å². The third kappa shape index (κ3) is 3.36. The van der Waals surface area contributed by atoms with Crippen LogP contribution in [0.25, 0.3) is 0 Å². The van der Waals surface area contributed by atoms with E-state index in [-0.39, 0.29) is 14.7 Å². The number of hydrogen-bond acceptors (Lipinski definition) is 6. The van der Waals surface area contributed by atoms with E-state index in [2.05, 4.69) is 0 Å². The van der Waals surface area contributed by atoms with Crippen molar-refractivity contribution in [1.82, 2.24) is 0 Å². The van der Waals surface area contributed by atoms with E-state index in [9.17, 15) is 25.3 Å². The van der Waals surface area contributed by atoms with Crippen LogP contribution in [0.3, 0.4) is 0 Å². The Bertz CT molecular complexity index is 1390. The second kappa shape index (κ2) is 8.07. The highest BCUT2D eigenvalue weighted by Crippen LogP contribution is 2.65. The van der Waals surface area contributed by atoms with Gasteiger partial charge in [0.25, 0.3) is 0 Å². The fourth-order valence-corrected chi connectivity index (χ4v) is 14.4. The van der Waals surface area contributed by atoms with Crippen molar-refractivity contribution in [3.8, 4) is 0 Å². The largest absolute Gasteiger partial charge is 0.223 e. The van der Waals surface area contributed by atoms with Gasteiger partial charge in [0.2, 0.25) is 23.8 Å². The molecule has 0 amide bonds. The van der Waals surface area contributed by atoms with Crippen LogP contribution >= 0.6 is 0 Å². The third-order valence-corrected chi connectivity index (χ3v) is 14.5. The van der Waals surface area contributed by atoms with E-state index in [1.165, 1.54) is 72.8 Å². The molecule has 0 aliphatic heterocycles. The van der Waals surface area contributed by atoms with Crippen molar-refractivity contribution < 1.29 is 25.3 Å². The van der Waals surface area contributed by atoms with Gasteiger partial charge in [-0.15, -0.1) is 0 Å². The Morgan fingerprint density at radius 1 is 0.576 bits per heavy atom. The average molecular weight is 505 g/mol. The summed E-state index contributed by atoms with van der Waals surface area (Å²) in [6, 6.07) is 21.8. The Morgan fingerprint density at radius 2 is 0.909 bits per heavy atom. The lowest BCUT2D eigenvalue weighted by molar-refractivity contribution is 0.523. The first-order valence-corrected chi connectivity index (χ1v) is 14.9. The van der Waals surface area contributed by atoms with Crippen molar-refractivity contribution in [3.63, 3.8) is 0 Å². The van der Waals surface area contributed by atoms with Gasteiger partial charge in [0, 0.05) is 5.92 Å². The molecule has 3 aromatic rings. The molecule has 2 atom stereocenters. The molecule has 0 aromatic heterocycles. The molecule has 1 aliphatic carbocycles. The second-order valence-corrected chi connectivity index (χ2v) is 15.0. The Hall–Kier alpha value is -2.49. The summed E-state index contributed by atoms with van der Waals surface area (Å²) in [6.07, 6.45) is 0. The normalized spacial score (nSPS) is 20.5. The van der Waals surface area contributed by atoms with Crippen LogP contribution in [-0.4, -0.2) is 34.6 Å². The summed E-state index contributed by atoms with van der Waals surface area (Å²) < 4.78 is 81.3. The van der Waals surface area contributed by atoms with E-state index < -0.39 is 50.7 Å². The van der Waals surface area contributed by atoms with Gasteiger partial charge in [0.15, 0.2) is 9.84 Å². The molecule has 33 heavy (non-hydrogen) atoms. The first kappa shape index (κ1) is 23.7. The average Bonchev–Trinajstić information content (AvgIpc) is 3.56. The van der Waals surface area contributed by atoms with E-state index in [4.69, 9.17) is 0 Å². The summed E-state index contributed by atoms with van der Waals surface area (Å²) in [5.41, 5.74) is 0. The zero-order valence-corrected chi connectivity index (χ0v) is 20.5. The quantitative estimate of drug-likeness (QED) is 0.485. The molecule has 1 fully saturated rings. The van der Waals surface area contributed by atoms with E-state index in [1.807, 2.05) is 0 Å². The molecule has 0 spiro atoms. The Morgan fingerprint density at radius 3 is 1.24 bits per heavy atom. The standard InChI is InChI=1S/C24H24O6S3/c1-18(2)22-23(31(25,26)19-12-6-3-7-13-19)24(22,32(27,28)20-14-8-4-9-15-20)33(29,30)21-16-10-5-11-17-21/h3-18,22-23H,1-2H3/t22-,23+/m1/s1.